The van der Waals surface area contributed by atoms with Crippen molar-refractivity contribution in [3.63, 3.8) is 0 Å². The van der Waals surface area contributed by atoms with Crippen LogP contribution in [-0.2, 0) is 6.54 Å². The monoisotopic (exact) mass is 247 g/mol. The summed E-state index contributed by atoms with van der Waals surface area (Å²) in [7, 11) is 0. The molecular formula is C11H13N5S. The van der Waals surface area contributed by atoms with Crippen molar-refractivity contribution in [2.24, 2.45) is 0 Å². The van der Waals surface area contributed by atoms with E-state index in [1.54, 1.807) is 17.1 Å². The van der Waals surface area contributed by atoms with Crippen molar-refractivity contribution in [2.45, 2.75) is 13.5 Å². The van der Waals surface area contributed by atoms with Crippen LogP contribution in [0.2, 0.25) is 0 Å². The lowest BCUT2D eigenvalue weighted by Crippen LogP contribution is -2.09. The molecule has 0 spiro atoms. The van der Waals surface area contributed by atoms with Gasteiger partial charge in [-0.25, -0.2) is 4.98 Å². The Kier molecular flexibility index (Phi) is 3.77. The first kappa shape index (κ1) is 11.7. The number of rotatable bonds is 4. The minimum absolute atomic E-state index is 0.501. The predicted molar refractivity (Wildman–Crippen MR) is 68.4 cm³/mol. The Labute approximate surface area is 105 Å². The van der Waals surface area contributed by atoms with Crippen LogP contribution in [0, 0.1) is 4.77 Å². The molecule has 2 aromatic rings. The third-order valence-electron chi connectivity index (χ3n) is 2.16. The molecule has 0 aliphatic rings. The first-order valence-electron chi connectivity index (χ1n) is 5.37. The SMILES string of the molecule is CCNc1ncn(Cc2ccccn2)c(=S)n1. The van der Waals surface area contributed by atoms with Crippen molar-refractivity contribution < 1.29 is 0 Å². The molecule has 2 heterocycles. The summed E-state index contributed by atoms with van der Waals surface area (Å²) in [5, 5.41) is 3.02. The largest absolute Gasteiger partial charge is 0.354 e. The first-order valence-corrected chi connectivity index (χ1v) is 5.77. The Balaban J connectivity index is 2.20. The third-order valence-corrected chi connectivity index (χ3v) is 2.49. The van der Waals surface area contributed by atoms with Crippen molar-refractivity contribution >= 4 is 18.2 Å². The van der Waals surface area contributed by atoms with E-state index in [2.05, 4.69) is 20.3 Å². The van der Waals surface area contributed by atoms with Gasteiger partial charge >= 0.3 is 0 Å². The highest BCUT2D eigenvalue weighted by atomic mass is 32.1. The van der Waals surface area contributed by atoms with Gasteiger partial charge in [-0.2, -0.15) is 4.98 Å². The Morgan fingerprint density at radius 2 is 2.24 bits per heavy atom. The van der Waals surface area contributed by atoms with Crippen LogP contribution in [0.4, 0.5) is 5.95 Å². The van der Waals surface area contributed by atoms with E-state index in [4.69, 9.17) is 12.2 Å². The normalized spacial score (nSPS) is 10.2. The van der Waals surface area contributed by atoms with E-state index in [-0.39, 0.29) is 0 Å². The smallest absolute Gasteiger partial charge is 0.226 e. The fourth-order valence-electron chi connectivity index (χ4n) is 1.38. The maximum atomic E-state index is 5.20. The van der Waals surface area contributed by atoms with Gasteiger partial charge in [0.15, 0.2) is 0 Å². The van der Waals surface area contributed by atoms with Crippen LogP contribution in [0.15, 0.2) is 30.7 Å². The lowest BCUT2D eigenvalue weighted by molar-refractivity contribution is 0.709. The second kappa shape index (κ2) is 5.49. The molecule has 0 atom stereocenters. The molecule has 0 aromatic carbocycles. The minimum atomic E-state index is 0.501. The van der Waals surface area contributed by atoms with Gasteiger partial charge < -0.3 is 9.88 Å². The zero-order chi connectivity index (χ0) is 12.1. The summed E-state index contributed by atoms with van der Waals surface area (Å²) in [5.41, 5.74) is 0.934. The summed E-state index contributed by atoms with van der Waals surface area (Å²) in [6.07, 6.45) is 3.44. The second-order valence-electron chi connectivity index (χ2n) is 3.44. The molecule has 0 bridgehead atoms. The Hall–Kier alpha value is -1.82. The highest BCUT2D eigenvalue weighted by Crippen LogP contribution is 2.01. The summed E-state index contributed by atoms with van der Waals surface area (Å²) >= 11 is 5.20. The zero-order valence-electron chi connectivity index (χ0n) is 9.50. The molecule has 88 valence electrons. The minimum Gasteiger partial charge on any atom is -0.354 e. The van der Waals surface area contributed by atoms with Crippen LogP contribution < -0.4 is 5.32 Å². The first-order chi connectivity index (χ1) is 8.29. The molecule has 1 N–H and O–H groups in total. The van der Waals surface area contributed by atoms with E-state index in [0.717, 1.165) is 12.2 Å². The number of hydrogen-bond acceptors (Lipinski definition) is 5. The number of aromatic nitrogens is 4. The summed E-state index contributed by atoms with van der Waals surface area (Å²) < 4.78 is 2.29. The topological polar surface area (TPSA) is 55.6 Å². The predicted octanol–water partition coefficient (Wildman–Crippen LogP) is 1.88. The molecule has 0 aliphatic heterocycles. The Morgan fingerprint density at radius 1 is 1.35 bits per heavy atom. The summed E-state index contributed by atoms with van der Waals surface area (Å²) in [5.74, 6) is 0.565. The van der Waals surface area contributed by atoms with Gasteiger partial charge in [-0.15, -0.1) is 0 Å². The van der Waals surface area contributed by atoms with E-state index >= 15 is 0 Å². The molecule has 0 radical (unpaired) electrons. The quantitative estimate of drug-likeness (QED) is 0.836. The van der Waals surface area contributed by atoms with E-state index in [1.807, 2.05) is 25.1 Å². The fourth-order valence-corrected chi connectivity index (χ4v) is 1.57. The summed E-state index contributed by atoms with van der Waals surface area (Å²) in [6.45, 7) is 3.35. The molecule has 0 unspecified atom stereocenters. The highest BCUT2D eigenvalue weighted by molar-refractivity contribution is 7.71. The van der Waals surface area contributed by atoms with Gasteiger partial charge in [0, 0.05) is 12.7 Å². The van der Waals surface area contributed by atoms with Crippen molar-refractivity contribution in [3.8, 4) is 0 Å². The number of hydrogen-bond donors (Lipinski definition) is 1. The average molecular weight is 247 g/mol. The average Bonchev–Trinajstić information content (AvgIpc) is 2.34. The highest BCUT2D eigenvalue weighted by Gasteiger charge is 1.99. The van der Waals surface area contributed by atoms with Gasteiger partial charge in [-0.3, -0.25) is 4.98 Å². The van der Waals surface area contributed by atoms with Crippen LogP contribution in [-0.4, -0.2) is 26.1 Å². The number of anilines is 1. The molecule has 17 heavy (non-hydrogen) atoms. The van der Waals surface area contributed by atoms with Crippen LogP contribution in [0.5, 0.6) is 0 Å². The van der Waals surface area contributed by atoms with Gasteiger partial charge in [0.1, 0.15) is 6.33 Å². The van der Waals surface area contributed by atoms with Crippen molar-refractivity contribution in [3.05, 3.63) is 41.2 Å². The van der Waals surface area contributed by atoms with Gasteiger partial charge in [0.2, 0.25) is 10.7 Å². The molecule has 0 aliphatic carbocycles. The summed E-state index contributed by atoms with van der Waals surface area (Å²) in [4.78, 5) is 12.6. The van der Waals surface area contributed by atoms with Gasteiger partial charge in [0.05, 0.1) is 12.2 Å². The van der Waals surface area contributed by atoms with Crippen molar-refractivity contribution in [2.75, 3.05) is 11.9 Å². The van der Waals surface area contributed by atoms with Gasteiger partial charge in [-0.1, -0.05) is 6.07 Å². The van der Waals surface area contributed by atoms with Crippen LogP contribution >= 0.6 is 12.2 Å². The number of nitrogens with zero attached hydrogens (tertiary/aromatic N) is 4. The standard InChI is InChI=1S/C11H13N5S/c1-2-12-10-14-8-16(11(17)15-10)7-9-5-3-4-6-13-9/h3-6,8H,2,7H2,1H3,(H,12,15,17). The van der Waals surface area contributed by atoms with E-state index in [9.17, 15) is 0 Å². The summed E-state index contributed by atoms with van der Waals surface area (Å²) in [6, 6.07) is 5.77. The Morgan fingerprint density at radius 3 is 2.88 bits per heavy atom. The lowest BCUT2D eigenvalue weighted by atomic mass is 10.3. The van der Waals surface area contributed by atoms with Crippen molar-refractivity contribution in [1.82, 2.24) is 19.5 Å². The molecule has 2 aromatic heterocycles. The van der Waals surface area contributed by atoms with Crippen LogP contribution in [0.25, 0.3) is 0 Å². The molecule has 0 saturated heterocycles. The zero-order valence-corrected chi connectivity index (χ0v) is 10.3. The molecule has 0 saturated carbocycles. The van der Waals surface area contributed by atoms with E-state index in [0.29, 0.717) is 17.3 Å². The maximum Gasteiger partial charge on any atom is 0.226 e. The number of nitrogens with one attached hydrogen (secondary N) is 1. The molecule has 6 heteroatoms. The molecular weight excluding hydrogens is 234 g/mol. The fraction of sp³-hybridized carbons (Fsp3) is 0.273. The molecule has 0 amide bonds. The van der Waals surface area contributed by atoms with Crippen LogP contribution in [0.1, 0.15) is 12.6 Å². The second-order valence-corrected chi connectivity index (χ2v) is 3.81. The van der Waals surface area contributed by atoms with Crippen LogP contribution in [0.3, 0.4) is 0 Å². The molecule has 5 nitrogen and oxygen atoms in total. The third kappa shape index (κ3) is 3.07. The van der Waals surface area contributed by atoms with E-state index < -0.39 is 0 Å². The molecule has 0 fully saturated rings. The molecule has 2 rings (SSSR count). The maximum absolute atomic E-state index is 5.20. The van der Waals surface area contributed by atoms with Crippen molar-refractivity contribution in [1.29, 1.82) is 0 Å². The van der Waals surface area contributed by atoms with Gasteiger partial charge in [0.25, 0.3) is 0 Å². The number of pyridine rings is 1. The lowest BCUT2D eigenvalue weighted by Gasteiger charge is -2.06. The van der Waals surface area contributed by atoms with Gasteiger partial charge in [-0.05, 0) is 31.3 Å². The van der Waals surface area contributed by atoms with E-state index in [1.165, 1.54) is 0 Å². The Bertz CT molecular complexity index is 537.